The van der Waals surface area contributed by atoms with Gasteiger partial charge in [-0.1, -0.05) is 6.92 Å². The standard InChI is InChI=1S/C10H16N2O4S3/c1-3-12-8-4-6(2)18(13,14)10-7(8)5-9(17-10)19(11,15)16/h5-6,8,12H,3-4H2,1-2H3,(H2,11,15,16)/t6-,8-/m0/s1/i2D3,4D2,5D,8D. The number of primary sulfonamides is 1. The van der Waals surface area contributed by atoms with E-state index in [9.17, 15) is 16.8 Å². The molecule has 2 rings (SSSR count). The minimum Gasteiger partial charge on any atom is -0.310 e. The lowest BCUT2D eigenvalue weighted by atomic mass is 10.1. The number of hydrogen-bond acceptors (Lipinski definition) is 6. The van der Waals surface area contributed by atoms with Crippen LogP contribution in [0.1, 0.15) is 41.3 Å². The molecule has 6 nitrogen and oxygen atoms in total. The van der Waals surface area contributed by atoms with Crippen LogP contribution in [-0.4, -0.2) is 28.6 Å². The van der Waals surface area contributed by atoms with E-state index in [1.165, 1.54) is 6.92 Å². The molecule has 1 aliphatic heterocycles. The molecule has 2 heterocycles. The van der Waals surface area contributed by atoms with Gasteiger partial charge >= 0.3 is 0 Å². The van der Waals surface area contributed by atoms with Crippen molar-refractivity contribution in [1.82, 2.24) is 5.32 Å². The zero-order valence-electron chi connectivity index (χ0n) is 16.7. The Labute approximate surface area is 126 Å². The van der Waals surface area contributed by atoms with Gasteiger partial charge in [-0.2, -0.15) is 0 Å². The lowest BCUT2D eigenvalue weighted by Crippen LogP contribution is -2.33. The normalized spacial score (nSPS) is 38.6. The fourth-order valence-electron chi connectivity index (χ4n) is 1.51. The zero-order chi connectivity index (χ0) is 20.5. The Balaban J connectivity index is 3.07. The van der Waals surface area contributed by atoms with Crippen molar-refractivity contribution < 1.29 is 26.4 Å². The SMILES string of the molecule is [2H]c1c(S(N)(=O)=O)sc2c1[C@@]([2H])(NCC)C([2H])([2H])[C@H](C([2H])([2H])[2H])S2(=O)=O. The van der Waals surface area contributed by atoms with Crippen LogP contribution in [0.25, 0.3) is 0 Å². The predicted octanol–water partition coefficient (Wildman–Crippen LogP) is 0.612. The Hall–Kier alpha value is -0.480. The van der Waals surface area contributed by atoms with Gasteiger partial charge < -0.3 is 5.32 Å². The van der Waals surface area contributed by atoms with Gasteiger partial charge in [0.15, 0.2) is 9.84 Å². The first-order valence-electron chi connectivity index (χ1n) is 8.59. The maximum absolute atomic E-state index is 12.8. The molecule has 9 heteroatoms. The largest absolute Gasteiger partial charge is 0.310 e. The van der Waals surface area contributed by atoms with Crippen LogP contribution in [-0.2, 0) is 19.9 Å². The van der Waals surface area contributed by atoms with Gasteiger partial charge in [0, 0.05) is 18.4 Å². The molecule has 0 unspecified atom stereocenters. The first kappa shape index (κ1) is 8.08. The summed E-state index contributed by atoms with van der Waals surface area (Å²) >= 11 is 0.0595. The van der Waals surface area contributed by atoms with Crippen molar-refractivity contribution in [2.45, 2.75) is 39.8 Å². The smallest absolute Gasteiger partial charge is 0.247 e. The summed E-state index contributed by atoms with van der Waals surface area (Å²) in [5.41, 5.74) is -0.751. The number of sulfone groups is 1. The van der Waals surface area contributed by atoms with Crippen molar-refractivity contribution in [2.24, 2.45) is 5.14 Å². The molecule has 0 fully saturated rings. The summed E-state index contributed by atoms with van der Waals surface area (Å²) < 4.78 is 103. The number of fused-ring (bicyclic) bond motifs is 1. The summed E-state index contributed by atoms with van der Waals surface area (Å²) in [5, 5.41) is 4.74. The summed E-state index contributed by atoms with van der Waals surface area (Å²) in [6, 6.07) is -3.61. The van der Waals surface area contributed by atoms with Crippen LogP contribution in [0.15, 0.2) is 14.5 Å². The van der Waals surface area contributed by atoms with E-state index >= 15 is 0 Å². The van der Waals surface area contributed by atoms with Crippen LogP contribution in [0.2, 0.25) is 0 Å². The molecule has 1 aliphatic rings. The molecule has 0 aliphatic carbocycles. The second-order valence-corrected chi connectivity index (χ2v) is 8.70. The minimum absolute atomic E-state index is 0.0595. The van der Waals surface area contributed by atoms with Gasteiger partial charge in [-0.25, -0.2) is 22.0 Å². The van der Waals surface area contributed by atoms with E-state index in [0.29, 0.717) is 0 Å². The highest BCUT2D eigenvalue weighted by molar-refractivity contribution is 7.95. The number of sulfonamides is 1. The minimum atomic E-state index is -4.92. The molecule has 0 aromatic carbocycles. The molecule has 0 bridgehead atoms. The van der Waals surface area contributed by atoms with Gasteiger partial charge in [0.25, 0.3) is 0 Å². The van der Waals surface area contributed by atoms with Crippen LogP contribution in [0.3, 0.4) is 0 Å². The second-order valence-electron chi connectivity index (χ2n) is 3.70. The zero-order valence-corrected chi connectivity index (χ0v) is 12.2. The third-order valence-corrected chi connectivity index (χ3v) is 6.97. The van der Waals surface area contributed by atoms with Crippen LogP contribution < -0.4 is 10.5 Å². The highest BCUT2D eigenvalue weighted by Crippen LogP contribution is 2.42. The van der Waals surface area contributed by atoms with E-state index in [4.69, 9.17) is 14.7 Å². The Morgan fingerprint density at radius 2 is 2.47 bits per heavy atom. The molecule has 3 N–H and O–H groups in total. The molecule has 0 radical (unpaired) electrons. The second kappa shape index (κ2) is 4.81. The summed E-state index contributed by atoms with van der Waals surface area (Å²) in [6.45, 7) is -1.94. The number of rotatable bonds is 3. The van der Waals surface area contributed by atoms with E-state index in [0.717, 1.165) is 0 Å². The summed E-state index contributed by atoms with van der Waals surface area (Å²) in [7, 11) is -9.46. The number of nitrogens with one attached hydrogen (secondary N) is 1. The quantitative estimate of drug-likeness (QED) is 0.844. The molecule has 1 aromatic rings. The Morgan fingerprint density at radius 1 is 1.79 bits per heavy atom. The first-order chi connectivity index (χ1) is 11.4. The third-order valence-electron chi connectivity index (χ3n) is 2.32. The molecule has 0 saturated heterocycles. The van der Waals surface area contributed by atoms with E-state index in [1.54, 1.807) is 0 Å². The van der Waals surface area contributed by atoms with E-state index in [1.807, 2.05) is 0 Å². The van der Waals surface area contributed by atoms with Crippen LogP contribution >= 0.6 is 11.3 Å². The summed E-state index contributed by atoms with van der Waals surface area (Å²) in [4.78, 5) is 0. The lowest BCUT2D eigenvalue weighted by molar-refractivity contribution is 0.477. The first-order valence-corrected chi connectivity index (χ1v) is 9.00. The molecule has 0 saturated carbocycles. The predicted molar refractivity (Wildman–Crippen MR) is 73.4 cm³/mol. The topological polar surface area (TPSA) is 106 Å². The van der Waals surface area contributed by atoms with Crippen molar-refractivity contribution in [2.75, 3.05) is 6.54 Å². The van der Waals surface area contributed by atoms with Crippen LogP contribution in [0.5, 0.6) is 0 Å². The monoisotopic (exact) mass is 331 g/mol. The molecule has 0 spiro atoms. The molecular formula is C10H16N2O4S3. The molecule has 1 aromatic heterocycles. The van der Waals surface area contributed by atoms with Crippen LogP contribution in [0, 0.1) is 0 Å². The Bertz CT molecular complexity index is 954. The third kappa shape index (κ3) is 2.57. The number of nitrogens with two attached hydrogens (primary N) is 1. The molecular weight excluding hydrogens is 308 g/mol. The fraction of sp³-hybridized carbons (Fsp3) is 0.600. The van der Waals surface area contributed by atoms with Gasteiger partial charge in [-0.3, -0.25) is 0 Å². The summed E-state index contributed by atoms with van der Waals surface area (Å²) in [5.74, 6) is 0. The van der Waals surface area contributed by atoms with Crippen LogP contribution in [0.4, 0.5) is 0 Å². The lowest BCUT2D eigenvalue weighted by Gasteiger charge is -2.27. The van der Waals surface area contributed by atoms with Gasteiger partial charge in [-0.15, -0.1) is 11.3 Å². The van der Waals surface area contributed by atoms with Crippen molar-refractivity contribution in [1.29, 1.82) is 0 Å². The van der Waals surface area contributed by atoms with Crippen molar-refractivity contribution in [3.63, 3.8) is 0 Å². The van der Waals surface area contributed by atoms with Crippen molar-refractivity contribution >= 4 is 31.2 Å². The average molecular weight is 331 g/mol. The number of thiophene rings is 1. The number of hydrogen-bond donors (Lipinski definition) is 2. The molecule has 2 atom stereocenters. The fourth-order valence-corrected chi connectivity index (χ4v) is 5.13. The van der Waals surface area contributed by atoms with Crippen molar-refractivity contribution in [3.05, 3.63) is 11.6 Å². The highest BCUT2D eigenvalue weighted by Gasteiger charge is 2.39. The van der Waals surface area contributed by atoms with Crippen molar-refractivity contribution in [3.8, 4) is 0 Å². The molecule has 0 amide bonds. The van der Waals surface area contributed by atoms with Gasteiger partial charge in [0.1, 0.15) is 8.42 Å². The van der Waals surface area contributed by atoms with Gasteiger partial charge in [-0.05, 0) is 25.8 Å². The average Bonchev–Trinajstić information content (AvgIpc) is 2.73. The maximum atomic E-state index is 12.8. The Kier molecular flexibility index (Phi) is 2.05. The summed E-state index contributed by atoms with van der Waals surface area (Å²) in [6.07, 6.45) is -3.20. The van der Waals surface area contributed by atoms with E-state index in [2.05, 4.69) is 5.32 Å². The van der Waals surface area contributed by atoms with Gasteiger partial charge in [0.05, 0.1) is 7.99 Å². The maximum Gasteiger partial charge on any atom is 0.247 e. The Morgan fingerprint density at radius 3 is 3.00 bits per heavy atom. The van der Waals surface area contributed by atoms with Gasteiger partial charge in [0.2, 0.25) is 10.0 Å². The van der Waals surface area contributed by atoms with E-state index < -0.39 is 64.4 Å². The molecule has 19 heavy (non-hydrogen) atoms. The highest BCUT2D eigenvalue weighted by atomic mass is 32.3. The van der Waals surface area contributed by atoms with E-state index in [-0.39, 0.29) is 17.9 Å². The molecule has 108 valence electrons.